The second-order valence-electron chi connectivity index (χ2n) is 7.68. The van der Waals surface area contributed by atoms with E-state index < -0.39 is 0 Å². The molecule has 30 heavy (non-hydrogen) atoms. The third-order valence-electron chi connectivity index (χ3n) is 5.03. The number of hydrogen-bond donors (Lipinski definition) is 1. The highest BCUT2D eigenvalue weighted by atomic mass is 32.2. The van der Waals surface area contributed by atoms with Crippen LogP contribution in [0.4, 0.5) is 0 Å². The van der Waals surface area contributed by atoms with Crippen LogP contribution in [-0.4, -0.2) is 21.9 Å². The molecule has 5 heteroatoms. The summed E-state index contributed by atoms with van der Waals surface area (Å²) in [6.07, 6.45) is 1.73. The molecule has 4 nitrogen and oxygen atoms in total. The predicted molar refractivity (Wildman–Crippen MR) is 128 cm³/mol. The number of carbonyl (C=O) groups excluding carboxylic acids is 1. The van der Waals surface area contributed by atoms with Crippen LogP contribution in [0.1, 0.15) is 40.6 Å². The van der Waals surface area contributed by atoms with Gasteiger partial charge in [0, 0.05) is 28.4 Å². The molecule has 0 saturated carbocycles. The molecule has 1 heterocycles. The smallest absolute Gasteiger partial charge is 0.252 e. The lowest BCUT2D eigenvalue weighted by Crippen LogP contribution is -2.27. The fraction of sp³-hybridized carbons (Fsp3) is 0.280. The highest BCUT2D eigenvalue weighted by Gasteiger charge is 2.13. The summed E-state index contributed by atoms with van der Waals surface area (Å²) in [6, 6.07) is 18.8. The van der Waals surface area contributed by atoms with Gasteiger partial charge in [0.05, 0.1) is 11.5 Å². The first-order valence-electron chi connectivity index (χ1n) is 10.1. The summed E-state index contributed by atoms with van der Waals surface area (Å²) in [6.45, 7) is 10.3. The quantitative estimate of drug-likeness (QED) is 0.407. The zero-order chi connectivity index (χ0) is 21.7. The number of thioether (sulfide) groups is 1. The third-order valence-corrected chi connectivity index (χ3v) is 6.24. The van der Waals surface area contributed by atoms with Gasteiger partial charge in [-0.2, -0.15) is 5.10 Å². The number of hydrogen-bond acceptors (Lipinski definition) is 3. The van der Waals surface area contributed by atoms with E-state index in [1.165, 1.54) is 16.7 Å². The van der Waals surface area contributed by atoms with Gasteiger partial charge in [-0.15, -0.1) is 11.8 Å². The van der Waals surface area contributed by atoms with E-state index in [-0.39, 0.29) is 11.2 Å². The second kappa shape index (κ2) is 9.81. The molecule has 0 spiro atoms. The van der Waals surface area contributed by atoms with E-state index in [9.17, 15) is 4.79 Å². The number of carbonyl (C=O) groups is 1. The summed E-state index contributed by atoms with van der Waals surface area (Å²) < 4.78 is 2.22. The Morgan fingerprint density at radius 2 is 1.73 bits per heavy atom. The van der Waals surface area contributed by atoms with E-state index in [1.807, 2.05) is 25.1 Å². The standard InChI is InChI=1S/C25H29N3OS/c1-17-11-18(2)13-24(12-17)28-19(3)14-23(20(28)4)15-26-27-25(29)21(5)30-16-22-9-7-6-8-10-22/h6-15,21H,16H2,1-5H3,(H,27,29)/b26-15+. The molecule has 0 aliphatic rings. The maximum absolute atomic E-state index is 12.4. The molecule has 0 bridgehead atoms. The Labute approximate surface area is 183 Å². The summed E-state index contributed by atoms with van der Waals surface area (Å²) >= 11 is 1.60. The van der Waals surface area contributed by atoms with Crippen molar-refractivity contribution in [3.05, 3.63) is 88.2 Å². The van der Waals surface area contributed by atoms with E-state index in [1.54, 1.807) is 18.0 Å². The molecule has 0 fully saturated rings. The fourth-order valence-corrected chi connectivity index (χ4v) is 4.36. The Bertz CT molecular complexity index is 1030. The molecule has 3 aromatic rings. The summed E-state index contributed by atoms with van der Waals surface area (Å²) in [4.78, 5) is 12.4. The topological polar surface area (TPSA) is 46.4 Å². The summed E-state index contributed by atoms with van der Waals surface area (Å²) in [7, 11) is 0. The van der Waals surface area contributed by atoms with Gasteiger partial charge in [-0.05, 0) is 69.5 Å². The van der Waals surface area contributed by atoms with Crippen molar-refractivity contribution in [3.63, 3.8) is 0 Å². The normalized spacial score (nSPS) is 12.3. The maximum atomic E-state index is 12.4. The number of rotatable bonds is 7. The molecule has 1 aromatic heterocycles. The Morgan fingerprint density at radius 3 is 2.40 bits per heavy atom. The molecular formula is C25H29N3OS. The number of amides is 1. The van der Waals surface area contributed by atoms with Gasteiger partial charge in [0.1, 0.15) is 0 Å². The van der Waals surface area contributed by atoms with Crippen LogP contribution in [0.5, 0.6) is 0 Å². The molecule has 3 rings (SSSR count). The Hall–Kier alpha value is -2.79. The van der Waals surface area contributed by atoms with Gasteiger partial charge < -0.3 is 4.57 Å². The molecule has 0 aliphatic heterocycles. The average Bonchev–Trinajstić information content (AvgIpc) is 2.99. The minimum Gasteiger partial charge on any atom is -0.318 e. The van der Waals surface area contributed by atoms with Crippen LogP contribution >= 0.6 is 11.8 Å². The Kier molecular flexibility index (Phi) is 7.16. The lowest BCUT2D eigenvalue weighted by atomic mass is 10.1. The molecule has 0 aliphatic carbocycles. The Morgan fingerprint density at radius 1 is 1.07 bits per heavy atom. The largest absolute Gasteiger partial charge is 0.318 e. The van der Waals surface area contributed by atoms with Crippen molar-refractivity contribution in [3.8, 4) is 5.69 Å². The van der Waals surface area contributed by atoms with Gasteiger partial charge in [0.2, 0.25) is 0 Å². The van der Waals surface area contributed by atoms with Gasteiger partial charge in [-0.3, -0.25) is 4.79 Å². The van der Waals surface area contributed by atoms with Gasteiger partial charge >= 0.3 is 0 Å². The van der Waals surface area contributed by atoms with Crippen molar-refractivity contribution in [2.75, 3.05) is 0 Å². The molecule has 1 atom stereocenters. The fourth-order valence-electron chi connectivity index (χ4n) is 3.52. The van der Waals surface area contributed by atoms with Crippen LogP contribution in [0.2, 0.25) is 0 Å². The van der Waals surface area contributed by atoms with Crippen molar-refractivity contribution in [1.82, 2.24) is 9.99 Å². The van der Waals surface area contributed by atoms with Crippen LogP contribution in [-0.2, 0) is 10.5 Å². The van der Waals surface area contributed by atoms with Gasteiger partial charge in [-0.25, -0.2) is 5.43 Å². The monoisotopic (exact) mass is 419 g/mol. The third kappa shape index (κ3) is 5.42. The number of nitrogens with zero attached hydrogens (tertiary/aromatic N) is 2. The molecule has 0 saturated heterocycles. The molecule has 2 aromatic carbocycles. The van der Waals surface area contributed by atoms with Crippen molar-refractivity contribution in [2.45, 2.75) is 45.6 Å². The number of aromatic nitrogens is 1. The van der Waals surface area contributed by atoms with Gasteiger partial charge in [0.25, 0.3) is 5.91 Å². The zero-order valence-electron chi connectivity index (χ0n) is 18.3. The van der Waals surface area contributed by atoms with Gasteiger partial charge in [0.15, 0.2) is 0 Å². The van der Waals surface area contributed by atoms with Crippen molar-refractivity contribution >= 4 is 23.9 Å². The van der Waals surface area contributed by atoms with E-state index >= 15 is 0 Å². The van der Waals surface area contributed by atoms with E-state index in [2.05, 4.69) is 79.2 Å². The van der Waals surface area contributed by atoms with Crippen molar-refractivity contribution in [2.24, 2.45) is 5.10 Å². The number of hydrazone groups is 1. The predicted octanol–water partition coefficient (Wildman–Crippen LogP) is 5.48. The van der Waals surface area contributed by atoms with E-state index in [0.29, 0.717) is 0 Å². The van der Waals surface area contributed by atoms with Gasteiger partial charge in [-0.1, -0.05) is 36.4 Å². The van der Waals surface area contributed by atoms with Crippen LogP contribution in [0.3, 0.4) is 0 Å². The molecule has 1 N–H and O–H groups in total. The highest BCUT2D eigenvalue weighted by Crippen LogP contribution is 2.22. The summed E-state index contributed by atoms with van der Waals surface area (Å²) in [5.74, 6) is 0.714. The van der Waals surface area contributed by atoms with Crippen LogP contribution in [0.25, 0.3) is 5.69 Å². The lowest BCUT2D eigenvalue weighted by Gasteiger charge is -2.12. The Balaban J connectivity index is 1.64. The lowest BCUT2D eigenvalue weighted by molar-refractivity contribution is -0.120. The first-order valence-corrected chi connectivity index (χ1v) is 11.2. The summed E-state index contributed by atoms with van der Waals surface area (Å²) in [5.41, 5.74) is 10.8. The van der Waals surface area contributed by atoms with Crippen LogP contribution in [0, 0.1) is 27.7 Å². The first kappa shape index (κ1) is 21.9. The SMILES string of the molecule is Cc1cc(C)cc(-n2c(C)cc(/C=N/NC(=O)C(C)SCc3ccccc3)c2C)c1. The molecule has 0 radical (unpaired) electrons. The number of aryl methyl sites for hydroxylation is 3. The van der Waals surface area contributed by atoms with E-state index in [0.717, 1.165) is 28.4 Å². The minimum absolute atomic E-state index is 0.0877. The maximum Gasteiger partial charge on any atom is 0.252 e. The van der Waals surface area contributed by atoms with Crippen molar-refractivity contribution < 1.29 is 4.79 Å². The van der Waals surface area contributed by atoms with E-state index in [4.69, 9.17) is 0 Å². The molecule has 1 amide bonds. The molecule has 1 unspecified atom stereocenters. The minimum atomic E-state index is -0.176. The zero-order valence-corrected chi connectivity index (χ0v) is 19.1. The number of benzene rings is 2. The summed E-state index contributed by atoms with van der Waals surface area (Å²) in [5, 5.41) is 4.03. The van der Waals surface area contributed by atoms with Crippen LogP contribution in [0.15, 0.2) is 59.7 Å². The van der Waals surface area contributed by atoms with Crippen LogP contribution < -0.4 is 5.43 Å². The first-order chi connectivity index (χ1) is 14.3. The average molecular weight is 420 g/mol. The molecular weight excluding hydrogens is 390 g/mol. The van der Waals surface area contributed by atoms with Crippen molar-refractivity contribution in [1.29, 1.82) is 0 Å². The second-order valence-corrected chi connectivity index (χ2v) is 9.01. The number of nitrogens with one attached hydrogen (secondary N) is 1. The highest BCUT2D eigenvalue weighted by molar-refractivity contribution is 7.99. The molecule has 156 valence electrons.